The van der Waals surface area contributed by atoms with E-state index in [4.69, 9.17) is 4.74 Å². The van der Waals surface area contributed by atoms with E-state index in [1.165, 1.54) is 19.3 Å². The van der Waals surface area contributed by atoms with Crippen LogP contribution in [0, 0.1) is 10.8 Å². The van der Waals surface area contributed by atoms with Crippen molar-refractivity contribution in [3.63, 3.8) is 0 Å². The minimum atomic E-state index is -0.375. The van der Waals surface area contributed by atoms with Crippen molar-refractivity contribution >= 4 is 0 Å². The summed E-state index contributed by atoms with van der Waals surface area (Å²) in [5, 5.41) is 10.2. The van der Waals surface area contributed by atoms with Gasteiger partial charge in [0.05, 0.1) is 18.3 Å². The van der Waals surface area contributed by atoms with Crippen molar-refractivity contribution in [3.05, 3.63) is 0 Å². The number of aliphatic hydroxyl groups is 1. The number of ether oxygens (including phenoxy) is 1. The Morgan fingerprint density at radius 2 is 1.90 bits per heavy atom. The van der Waals surface area contributed by atoms with Gasteiger partial charge in [-0.25, -0.2) is 0 Å². The van der Waals surface area contributed by atoms with Crippen molar-refractivity contribution in [2.75, 3.05) is 19.7 Å². The number of fused-ring (bicyclic) bond motifs is 2. The molecule has 3 nitrogen and oxygen atoms in total. The number of nitrogens with zero attached hydrogens (tertiary/aromatic N) is 1. The highest BCUT2D eigenvalue weighted by Gasteiger charge is 2.49. The molecule has 0 aromatic carbocycles. The zero-order chi connectivity index (χ0) is 15.2. The van der Waals surface area contributed by atoms with Crippen LogP contribution in [0.15, 0.2) is 0 Å². The molecule has 1 saturated carbocycles. The molecule has 3 atom stereocenters. The van der Waals surface area contributed by atoms with Gasteiger partial charge in [0, 0.05) is 19.1 Å². The van der Waals surface area contributed by atoms with Gasteiger partial charge in [-0.15, -0.1) is 0 Å². The molecule has 1 saturated heterocycles. The maximum absolute atomic E-state index is 10.2. The number of hydrogen-bond donors (Lipinski definition) is 1. The van der Waals surface area contributed by atoms with Gasteiger partial charge in [-0.05, 0) is 50.9 Å². The van der Waals surface area contributed by atoms with Crippen LogP contribution in [-0.4, -0.2) is 47.4 Å². The van der Waals surface area contributed by atoms with Crippen LogP contribution in [0.5, 0.6) is 0 Å². The summed E-state index contributed by atoms with van der Waals surface area (Å²) in [5.74, 6) is 0. The fourth-order valence-corrected chi connectivity index (χ4v) is 4.46. The molecule has 0 aromatic rings. The number of aliphatic hydroxyl groups excluding tert-OH is 1. The highest BCUT2D eigenvalue weighted by atomic mass is 16.5. The summed E-state index contributed by atoms with van der Waals surface area (Å²) in [6.07, 6.45) is 3.49. The van der Waals surface area contributed by atoms with E-state index >= 15 is 0 Å². The molecule has 2 aliphatic rings. The van der Waals surface area contributed by atoms with Crippen LogP contribution in [0.3, 0.4) is 0 Å². The molecule has 0 amide bonds. The molecule has 0 spiro atoms. The second kappa shape index (κ2) is 5.26. The maximum atomic E-state index is 10.2. The van der Waals surface area contributed by atoms with Gasteiger partial charge in [-0.2, -0.15) is 0 Å². The zero-order valence-electron chi connectivity index (χ0n) is 14.2. The lowest BCUT2D eigenvalue weighted by molar-refractivity contribution is -0.0574. The van der Waals surface area contributed by atoms with Gasteiger partial charge in [0.15, 0.2) is 0 Å². The molecular formula is C17H33NO2. The van der Waals surface area contributed by atoms with E-state index in [1.54, 1.807) is 0 Å². The van der Waals surface area contributed by atoms with E-state index in [9.17, 15) is 5.11 Å². The van der Waals surface area contributed by atoms with Crippen molar-refractivity contribution in [1.29, 1.82) is 0 Å². The second-order valence-electron chi connectivity index (χ2n) is 9.22. The zero-order valence-corrected chi connectivity index (χ0v) is 14.2. The first-order valence-electron chi connectivity index (χ1n) is 8.04. The van der Waals surface area contributed by atoms with Gasteiger partial charge in [-0.3, -0.25) is 4.90 Å². The first-order valence-corrected chi connectivity index (χ1v) is 8.04. The smallest absolute Gasteiger partial charge is 0.0900 e. The maximum Gasteiger partial charge on any atom is 0.0900 e. The van der Waals surface area contributed by atoms with Crippen LogP contribution in [-0.2, 0) is 4.74 Å². The van der Waals surface area contributed by atoms with Crippen molar-refractivity contribution < 1.29 is 9.84 Å². The first kappa shape index (κ1) is 16.3. The summed E-state index contributed by atoms with van der Waals surface area (Å²) in [4.78, 5) is 2.51. The number of rotatable bonds is 4. The third-order valence-corrected chi connectivity index (χ3v) is 4.68. The summed E-state index contributed by atoms with van der Waals surface area (Å²) in [6.45, 7) is 15.6. The third kappa shape index (κ3) is 4.19. The van der Waals surface area contributed by atoms with Crippen molar-refractivity contribution in [3.8, 4) is 0 Å². The first-order chi connectivity index (χ1) is 8.98. The Kier molecular flexibility index (Phi) is 4.27. The Labute approximate surface area is 124 Å². The van der Waals surface area contributed by atoms with Crippen LogP contribution in [0.2, 0.25) is 0 Å². The Hall–Kier alpha value is -0.120. The molecule has 2 rings (SSSR count). The molecular weight excluding hydrogens is 250 g/mol. The van der Waals surface area contributed by atoms with Gasteiger partial charge in [0.1, 0.15) is 0 Å². The fourth-order valence-electron chi connectivity index (χ4n) is 4.46. The number of likely N-dealkylation sites (tertiary alicyclic amines) is 1. The molecule has 0 radical (unpaired) electrons. The Balaban J connectivity index is 1.88. The molecule has 0 unspecified atom stereocenters. The molecule has 1 heterocycles. The van der Waals surface area contributed by atoms with Crippen molar-refractivity contribution in [2.24, 2.45) is 10.8 Å². The molecule has 118 valence electrons. The average molecular weight is 283 g/mol. The van der Waals surface area contributed by atoms with E-state index in [0.29, 0.717) is 23.5 Å². The molecule has 2 fully saturated rings. The Bertz CT molecular complexity index is 347. The molecule has 0 aromatic heterocycles. The molecule has 1 aliphatic heterocycles. The minimum absolute atomic E-state index is 0.171. The number of β-amino-alcohol motifs (C(OH)–C–C–N with tert-alkyl or cyclic N) is 1. The summed E-state index contributed by atoms with van der Waals surface area (Å²) >= 11 is 0. The summed E-state index contributed by atoms with van der Waals surface area (Å²) in [7, 11) is 0. The van der Waals surface area contributed by atoms with Gasteiger partial charge in [0.25, 0.3) is 0 Å². The lowest BCUT2D eigenvalue weighted by Gasteiger charge is -2.40. The Morgan fingerprint density at radius 1 is 1.25 bits per heavy atom. The highest BCUT2D eigenvalue weighted by molar-refractivity contribution is 5.02. The topological polar surface area (TPSA) is 32.7 Å². The predicted octanol–water partition coefficient (Wildman–Crippen LogP) is 3.06. The second-order valence-corrected chi connectivity index (χ2v) is 9.22. The van der Waals surface area contributed by atoms with Gasteiger partial charge in [-0.1, -0.05) is 20.8 Å². The van der Waals surface area contributed by atoms with Crippen LogP contribution in [0.4, 0.5) is 0 Å². The fraction of sp³-hybridized carbons (Fsp3) is 1.00. The normalized spacial score (nSPS) is 35.2. The predicted molar refractivity (Wildman–Crippen MR) is 82.8 cm³/mol. The highest BCUT2D eigenvalue weighted by Crippen LogP contribution is 2.52. The average Bonchev–Trinajstić information content (AvgIpc) is 2.43. The minimum Gasteiger partial charge on any atom is -0.389 e. The lowest BCUT2D eigenvalue weighted by Crippen LogP contribution is -2.40. The van der Waals surface area contributed by atoms with Gasteiger partial charge < -0.3 is 9.84 Å². The van der Waals surface area contributed by atoms with Gasteiger partial charge in [0.2, 0.25) is 0 Å². The summed E-state index contributed by atoms with van der Waals surface area (Å²) in [5.41, 5.74) is 0.714. The van der Waals surface area contributed by atoms with Crippen LogP contribution in [0.1, 0.15) is 60.8 Å². The van der Waals surface area contributed by atoms with Crippen LogP contribution < -0.4 is 0 Å². The van der Waals surface area contributed by atoms with Crippen LogP contribution >= 0.6 is 0 Å². The van der Waals surface area contributed by atoms with E-state index in [1.807, 2.05) is 20.8 Å². The van der Waals surface area contributed by atoms with Crippen LogP contribution in [0.25, 0.3) is 0 Å². The SMILES string of the molecule is CC1(C)C[C@@H]2C[C@@](C)(CN2C[C@@H](O)COC(C)(C)C)C1. The molecule has 3 heteroatoms. The van der Waals surface area contributed by atoms with Crippen molar-refractivity contribution in [1.82, 2.24) is 4.90 Å². The third-order valence-electron chi connectivity index (χ3n) is 4.68. The molecule has 1 aliphatic carbocycles. The molecule has 1 N–H and O–H groups in total. The standard InChI is InChI=1S/C17H33NO2/c1-15(2,3)20-10-14(19)9-18-12-17(6)8-13(18)7-16(4,5)11-17/h13-14,19H,7-12H2,1-6H3/t13-,14-,17-/m1/s1. The van der Waals surface area contributed by atoms with E-state index < -0.39 is 0 Å². The monoisotopic (exact) mass is 283 g/mol. The lowest BCUT2D eigenvalue weighted by atomic mass is 9.65. The number of hydrogen-bond acceptors (Lipinski definition) is 3. The molecule has 20 heavy (non-hydrogen) atoms. The summed E-state index contributed by atoms with van der Waals surface area (Å²) in [6, 6.07) is 0.646. The van der Waals surface area contributed by atoms with E-state index in [2.05, 4.69) is 25.7 Å². The van der Waals surface area contributed by atoms with E-state index in [0.717, 1.165) is 13.1 Å². The molecule has 2 bridgehead atoms. The quantitative estimate of drug-likeness (QED) is 0.860. The summed E-state index contributed by atoms with van der Waals surface area (Å²) < 4.78 is 5.70. The Morgan fingerprint density at radius 3 is 2.50 bits per heavy atom. The van der Waals surface area contributed by atoms with Crippen molar-refractivity contribution in [2.45, 2.75) is 78.6 Å². The van der Waals surface area contributed by atoms with Gasteiger partial charge >= 0.3 is 0 Å². The van der Waals surface area contributed by atoms with E-state index in [-0.39, 0.29) is 11.7 Å². The largest absolute Gasteiger partial charge is 0.389 e.